The third kappa shape index (κ3) is 3.61. The van der Waals surface area contributed by atoms with Crippen molar-refractivity contribution >= 4 is 15.9 Å². The van der Waals surface area contributed by atoms with Crippen LogP contribution >= 0.6 is 15.9 Å². The van der Waals surface area contributed by atoms with Gasteiger partial charge in [-0.2, -0.15) is 0 Å². The predicted molar refractivity (Wildman–Crippen MR) is 86.5 cm³/mol. The Labute approximate surface area is 126 Å². The first-order valence-electron chi connectivity index (χ1n) is 7.52. The Kier molecular flexibility index (Phi) is 5.08. The van der Waals surface area contributed by atoms with E-state index < -0.39 is 0 Å². The van der Waals surface area contributed by atoms with Crippen molar-refractivity contribution < 1.29 is 0 Å². The number of rotatable bonds is 6. The van der Waals surface area contributed by atoms with Crippen LogP contribution < -0.4 is 5.32 Å². The van der Waals surface area contributed by atoms with Crippen molar-refractivity contribution in [2.75, 3.05) is 13.1 Å². The van der Waals surface area contributed by atoms with E-state index in [-0.39, 0.29) is 0 Å². The van der Waals surface area contributed by atoms with Crippen molar-refractivity contribution in [3.05, 3.63) is 34.3 Å². The maximum Gasteiger partial charge on any atom is 0.0175 e. The number of nitrogens with one attached hydrogen (secondary N) is 1. The SMILES string of the molecule is CCC1CC(CNCC(C)C)(c2ccc(Br)cc2)C1. The highest BCUT2D eigenvalue weighted by molar-refractivity contribution is 9.10. The molecule has 0 bridgehead atoms. The lowest BCUT2D eigenvalue weighted by atomic mass is 9.58. The van der Waals surface area contributed by atoms with Gasteiger partial charge in [-0.1, -0.05) is 55.3 Å². The summed E-state index contributed by atoms with van der Waals surface area (Å²) in [6.07, 6.45) is 4.01. The van der Waals surface area contributed by atoms with Crippen molar-refractivity contribution in [2.24, 2.45) is 11.8 Å². The van der Waals surface area contributed by atoms with Crippen LogP contribution in [-0.2, 0) is 5.41 Å². The highest BCUT2D eigenvalue weighted by Gasteiger charge is 2.44. The van der Waals surface area contributed by atoms with Crippen LogP contribution in [0.5, 0.6) is 0 Å². The molecule has 106 valence electrons. The molecule has 1 aromatic carbocycles. The minimum Gasteiger partial charge on any atom is -0.316 e. The Morgan fingerprint density at radius 3 is 2.42 bits per heavy atom. The van der Waals surface area contributed by atoms with Crippen LogP contribution in [0.4, 0.5) is 0 Å². The number of hydrogen-bond acceptors (Lipinski definition) is 1. The molecule has 0 aliphatic heterocycles. The smallest absolute Gasteiger partial charge is 0.0175 e. The molecule has 2 heteroatoms. The molecule has 1 nitrogen and oxygen atoms in total. The zero-order chi connectivity index (χ0) is 13.9. The topological polar surface area (TPSA) is 12.0 Å². The largest absolute Gasteiger partial charge is 0.316 e. The van der Waals surface area contributed by atoms with Gasteiger partial charge in [0.15, 0.2) is 0 Å². The third-order valence-electron chi connectivity index (χ3n) is 4.41. The fourth-order valence-corrected chi connectivity index (χ4v) is 3.48. The molecule has 0 heterocycles. The van der Waals surface area contributed by atoms with Gasteiger partial charge in [-0.05, 0) is 48.9 Å². The predicted octanol–water partition coefficient (Wildman–Crippen LogP) is 4.75. The molecular weight excluding hydrogens is 298 g/mol. The maximum absolute atomic E-state index is 3.67. The molecule has 0 amide bonds. The van der Waals surface area contributed by atoms with Crippen LogP contribution in [0.3, 0.4) is 0 Å². The normalized spacial score (nSPS) is 26.5. The Bertz CT molecular complexity index is 390. The first-order chi connectivity index (χ1) is 9.05. The Morgan fingerprint density at radius 1 is 1.26 bits per heavy atom. The summed E-state index contributed by atoms with van der Waals surface area (Å²) >= 11 is 3.53. The molecule has 0 saturated heterocycles. The summed E-state index contributed by atoms with van der Waals surface area (Å²) < 4.78 is 1.17. The van der Waals surface area contributed by atoms with Gasteiger partial charge < -0.3 is 5.32 Å². The first kappa shape index (κ1) is 15.1. The van der Waals surface area contributed by atoms with Gasteiger partial charge in [0.05, 0.1) is 0 Å². The van der Waals surface area contributed by atoms with E-state index in [1.807, 2.05) is 0 Å². The molecule has 0 radical (unpaired) electrons. The van der Waals surface area contributed by atoms with Crippen LogP contribution in [0.1, 0.15) is 45.6 Å². The molecule has 0 spiro atoms. The summed E-state index contributed by atoms with van der Waals surface area (Å²) in [6, 6.07) is 8.96. The van der Waals surface area contributed by atoms with Crippen molar-refractivity contribution in [2.45, 2.75) is 45.4 Å². The Balaban J connectivity index is 2.05. The molecule has 1 fully saturated rings. The quantitative estimate of drug-likeness (QED) is 0.796. The lowest BCUT2D eigenvalue weighted by Gasteiger charge is -2.48. The molecule has 1 saturated carbocycles. The number of halogens is 1. The second-order valence-corrected chi connectivity index (χ2v) is 7.41. The van der Waals surface area contributed by atoms with E-state index in [0.29, 0.717) is 5.41 Å². The monoisotopic (exact) mass is 323 g/mol. The molecule has 19 heavy (non-hydrogen) atoms. The molecule has 1 aromatic rings. The highest BCUT2D eigenvalue weighted by atomic mass is 79.9. The average Bonchev–Trinajstić information content (AvgIpc) is 2.33. The Hall–Kier alpha value is -0.340. The second-order valence-electron chi connectivity index (χ2n) is 6.49. The molecule has 0 unspecified atom stereocenters. The fraction of sp³-hybridized carbons (Fsp3) is 0.647. The van der Waals surface area contributed by atoms with Crippen LogP contribution in [-0.4, -0.2) is 13.1 Å². The van der Waals surface area contributed by atoms with Gasteiger partial charge in [0.25, 0.3) is 0 Å². The van der Waals surface area contributed by atoms with Crippen LogP contribution in [0, 0.1) is 11.8 Å². The zero-order valence-corrected chi connectivity index (χ0v) is 14.0. The minimum absolute atomic E-state index is 0.385. The lowest BCUT2D eigenvalue weighted by molar-refractivity contribution is 0.133. The van der Waals surface area contributed by atoms with E-state index >= 15 is 0 Å². The third-order valence-corrected chi connectivity index (χ3v) is 4.94. The minimum atomic E-state index is 0.385. The summed E-state index contributed by atoms with van der Waals surface area (Å²) in [5, 5.41) is 3.67. The first-order valence-corrected chi connectivity index (χ1v) is 8.32. The molecule has 0 aromatic heterocycles. The summed E-state index contributed by atoms with van der Waals surface area (Å²) in [5.41, 5.74) is 1.90. The molecule has 1 N–H and O–H groups in total. The summed E-state index contributed by atoms with van der Waals surface area (Å²) in [4.78, 5) is 0. The van der Waals surface area contributed by atoms with E-state index in [0.717, 1.165) is 24.9 Å². The van der Waals surface area contributed by atoms with Gasteiger partial charge in [-0.3, -0.25) is 0 Å². The van der Waals surface area contributed by atoms with E-state index in [1.165, 1.54) is 29.3 Å². The molecule has 2 rings (SSSR count). The van der Waals surface area contributed by atoms with Gasteiger partial charge in [0.2, 0.25) is 0 Å². The Morgan fingerprint density at radius 2 is 1.89 bits per heavy atom. The van der Waals surface area contributed by atoms with Crippen LogP contribution in [0.15, 0.2) is 28.7 Å². The highest BCUT2D eigenvalue weighted by Crippen LogP contribution is 2.48. The average molecular weight is 324 g/mol. The fourth-order valence-electron chi connectivity index (χ4n) is 3.22. The van der Waals surface area contributed by atoms with Crippen molar-refractivity contribution in [1.82, 2.24) is 5.32 Å². The van der Waals surface area contributed by atoms with Gasteiger partial charge in [-0.25, -0.2) is 0 Å². The van der Waals surface area contributed by atoms with E-state index in [9.17, 15) is 0 Å². The number of hydrogen-bond donors (Lipinski definition) is 1. The summed E-state index contributed by atoms with van der Waals surface area (Å²) in [7, 11) is 0. The molecule has 1 aliphatic carbocycles. The maximum atomic E-state index is 3.67. The van der Waals surface area contributed by atoms with E-state index in [4.69, 9.17) is 0 Å². The van der Waals surface area contributed by atoms with Crippen LogP contribution in [0.25, 0.3) is 0 Å². The zero-order valence-electron chi connectivity index (χ0n) is 12.4. The lowest BCUT2D eigenvalue weighted by Crippen LogP contribution is -2.49. The molecule has 0 atom stereocenters. The van der Waals surface area contributed by atoms with Gasteiger partial charge in [0, 0.05) is 16.4 Å². The standard InChI is InChI=1S/C17H26BrN/c1-4-14-9-17(10-14,12-19-11-13(2)3)15-5-7-16(18)8-6-15/h5-8,13-14,19H,4,9-12H2,1-3H3. The van der Waals surface area contributed by atoms with E-state index in [1.54, 1.807) is 0 Å². The number of benzene rings is 1. The second kappa shape index (κ2) is 6.41. The van der Waals surface area contributed by atoms with Gasteiger partial charge in [-0.15, -0.1) is 0 Å². The molecule has 1 aliphatic rings. The van der Waals surface area contributed by atoms with Gasteiger partial charge >= 0.3 is 0 Å². The van der Waals surface area contributed by atoms with Crippen molar-refractivity contribution in [1.29, 1.82) is 0 Å². The molecular formula is C17H26BrN. The summed E-state index contributed by atoms with van der Waals surface area (Å²) in [5.74, 6) is 1.65. The van der Waals surface area contributed by atoms with Crippen molar-refractivity contribution in [3.8, 4) is 0 Å². The van der Waals surface area contributed by atoms with Gasteiger partial charge in [0.1, 0.15) is 0 Å². The van der Waals surface area contributed by atoms with E-state index in [2.05, 4.69) is 66.3 Å². The summed E-state index contributed by atoms with van der Waals surface area (Å²) in [6.45, 7) is 9.11. The van der Waals surface area contributed by atoms with Crippen molar-refractivity contribution in [3.63, 3.8) is 0 Å². The van der Waals surface area contributed by atoms with Crippen LogP contribution in [0.2, 0.25) is 0 Å².